The molecule has 1 aliphatic heterocycles. The van der Waals surface area contributed by atoms with Gasteiger partial charge in [0.1, 0.15) is 0 Å². The van der Waals surface area contributed by atoms with E-state index in [1.807, 2.05) is 14.0 Å². The summed E-state index contributed by atoms with van der Waals surface area (Å²) in [5.74, 6) is 0. The molecule has 116 valence electrons. The number of rotatable bonds is 2. The molecule has 1 N–H and O–H groups in total. The number of amides is 2. The molecule has 2 amide bonds. The van der Waals surface area contributed by atoms with Crippen molar-refractivity contribution >= 4 is 21.6 Å². The van der Waals surface area contributed by atoms with Crippen molar-refractivity contribution in [1.29, 1.82) is 0 Å². The number of hydrogen-bond acceptors (Lipinski definition) is 5. The number of piperazine rings is 1. The molecule has 1 fully saturated rings. The van der Waals surface area contributed by atoms with Crippen molar-refractivity contribution in [2.45, 2.75) is 18.0 Å². The topological polar surface area (TPSA) is 82.6 Å². The lowest BCUT2D eigenvalue weighted by atomic mass is 10.2. The summed E-state index contributed by atoms with van der Waals surface area (Å²) in [4.78, 5) is 20.0. The third-order valence-electron chi connectivity index (χ3n) is 3.46. The van der Waals surface area contributed by atoms with E-state index >= 15 is 0 Å². The van der Waals surface area contributed by atoms with Gasteiger partial charge < -0.3 is 15.1 Å². The number of carbonyl (C=O) groups excluding carboxylic acids is 1. The lowest BCUT2D eigenvalue weighted by molar-refractivity contribution is 0.125. The van der Waals surface area contributed by atoms with E-state index in [1.165, 1.54) is 12.3 Å². The molecule has 1 atom stereocenters. The maximum absolute atomic E-state index is 12.2. The highest BCUT2D eigenvalue weighted by atomic mass is 32.2. The molecule has 0 radical (unpaired) electrons. The second-order valence-corrected chi connectivity index (χ2v) is 7.35. The van der Waals surface area contributed by atoms with Crippen molar-refractivity contribution in [3.05, 3.63) is 18.3 Å². The molecule has 1 saturated heterocycles. The van der Waals surface area contributed by atoms with Crippen molar-refractivity contribution in [2.24, 2.45) is 0 Å². The first kappa shape index (κ1) is 15.7. The second-order valence-electron chi connectivity index (χ2n) is 5.39. The highest BCUT2D eigenvalue weighted by Crippen LogP contribution is 2.13. The van der Waals surface area contributed by atoms with Gasteiger partial charge in [0.2, 0.25) is 0 Å². The van der Waals surface area contributed by atoms with Gasteiger partial charge in [0.05, 0.1) is 11.9 Å². The fourth-order valence-corrected chi connectivity index (χ4v) is 2.87. The van der Waals surface area contributed by atoms with E-state index in [0.717, 1.165) is 19.3 Å². The molecule has 2 heterocycles. The van der Waals surface area contributed by atoms with Crippen LogP contribution in [-0.2, 0) is 9.84 Å². The van der Waals surface area contributed by atoms with Gasteiger partial charge in [-0.2, -0.15) is 0 Å². The number of anilines is 1. The molecule has 7 nitrogen and oxygen atoms in total. The molecule has 2 rings (SSSR count). The number of carbonyl (C=O) groups is 1. The number of likely N-dealkylation sites (N-methyl/N-ethyl adjacent to an activating group) is 1. The predicted molar refractivity (Wildman–Crippen MR) is 80.0 cm³/mol. The lowest BCUT2D eigenvalue weighted by Gasteiger charge is -2.38. The molecular formula is C13H20N4O3S. The van der Waals surface area contributed by atoms with Gasteiger partial charge in [-0.1, -0.05) is 0 Å². The summed E-state index contributed by atoms with van der Waals surface area (Å²) >= 11 is 0. The normalized spacial score (nSPS) is 20.3. The van der Waals surface area contributed by atoms with E-state index in [9.17, 15) is 13.2 Å². The Morgan fingerprint density at radius 2 is 2.10 bits per heavy atom. The highest BCUT2D eigenvalue weighted by Gasteiger charge is 2.25. The Morgan fingerprint density at radius 1 is 1.38 bits per heavy atom. The number of nitrogens with zero attached hydrogens (tertiary/aromatic N) is 3. The standard InChI is InChI=1S/C13H20N4O3S/c1-10-9-16(2)6-7-17(10)13(18)15-11-4-5-12(14-8-11)21(3,19)20/h4-5,8,10H,6-7,9H2,1-3H3,(H,15,18)/t10-/m0/s1. The van der Waals surface area contributed by atoms with Crippen molar-refractivity contribution in [3.8, 4) is 0 Å². The summed E-state index contributed by atoms with van der Waals surface area (Å²) in [6.07, 6.45) is 2.45. The first-order chi connectivity index (χ1) is 9.77. The van der Waals surface area contributed by atoms with E-state index < -0.39 is 9.84 Å². The summed E-state index contributed by atoms with van der Waals surface area (Å²) < 4.78 is 22.6. The third kappa shape index (κ3) is 3.92. The number of pyridine rings is 1. The van der Waals surface area contributed by atoms with Crippen LogP contribution < -0.4 is 5.32 Å². The number of aromatic nitrogens is 1. The minimum Gasteiger partial charge on any atom is -0.319 e. The smallest absolute Gasteiger partial charge is 0.319 e. The Bertz CT molecular complexity index is 615. The number of hydrogen-bond donors (Lipinski definition) is 1. The van der Waals surface area contributed by atoms with Gasteiger partial charge in [0.25, 0.3) is 0 Å². The largest absolute Gasteiger partial charge is 0.322 e. The molecule has 0 saturated carbocycles. The zero-order valence-corrected chi connectivity index (χ0v) is 13.2. The number of sulfone groups is 1. The van der Waals surface area contributed by atoms with E-state index in [1.54, 1.807) is 11.0 Å². The molecule has 0 spiro atoms. The van der Waals surface area contributed by atoms with Crippen molar-refractivity contribution in [3.63, 3.8) is 0 Å². The maximum atomic E-state index is 12.2. The van der Waals surface area contributed by atoms with Crippen molar-refractivity contribution in [2.75, 3.05) is 38.3 Å². The quantitative estimate of drug-likeness (QED) is 0.867. The fraction of sp³-hybridized carbons (Fsp3) is 0.538. The third-order valence-corrected chi connectivity index (χ3v) is 4.46. The van der Waals surface area contributed by atoms with Crippen LogP contribution in [0.5, 0.6) is 0 Å². The first-order valence-electron chi connectivity index (χ1n) is 6.69. The molecule has 0 aromatic carbocycles. The van der Waals surface area contributed by atoms with Crippen LogP contribution in [0.3, 0.4) is 0 Å². The van der Waals surface area contributed by atoms with Crippen LogP contribution in [0.4, 0.5) is 10.5 Å². The molecule has 1 aliphatic rings. The van der Waals surface area contributed by atoms with E-state index in [-0.39, 0.29) is 17.1 Å². The van der Waals surface area contributed by atoms with Gasteiger partial charge in [-0.3, -0.25) is 0 Å². The van der Waals surface area contributed by atoms with E-state index in [0.29, 0.717) is 12.2 Å². The summed E-state index contributed by atoms with van der Waals surface area (Å²) in [5, 5.41) is 2.74. The molecule has 21 heavy (non-hydrogen) atoms. The maximum Gasteiger partial charge on any atom is 0.322 e. The average molecular weight is 312 g/mol. The van der Waals surface area contributed by atoms with E-state index in [2.05, 4.69) is 15.2 Å². The Morgan fingerprint density at radius 3 is 2.62 bits per heavy atom. The number of urea groups is 1. The van der Waals surface area contributed by atoms with Gasteiger partial charge in [-0.05, 0) is 26.1 Å². The van der Waals surface area contributed by atoms with Crippen LogP contribution in [0, 0.1) is 0 Å². The summed E-state index contributed by atoms with van der Waals surface area (Å²) in [7, 11) is -1.30. The van der Waals surface area contributed by atoms with Gasteiger partial charge in [-0.25, -0.2) is 18.2 Å². The molecule has 0 unspecified atom stereocenters. The Hall–Kier alpha value is -1.67. The minimum atomic E-state index is -3.32. The Labute approximate surface area is 124 Å². The SMILES string of the molecule is C[C@H]1CN(C)CCN1C(=O)Nc1ccc(S(C)(=O)=O)nc1. The van der Waals surface area contributed by atoms with Gasteiger partial charge in [0, 0.05) is 31.9 Å². The highest BCUT2D eigenvalue weighted by molar-refractivity contribution is 7.90. The second kappa shape index (κ2) is 5.98. The Balaban J connectivity index is 2.03. The molecule has 1 aromatic heterocycles. The van der Waals surface area contributed by atoms with Gasteiger partial charge in [-0.15, -0.1) is 0 Å². The number of nitrogens with one attached hydrogen (secondary N) is 1. The minimum absolute atomic E-state index is 0.00605. The van der Waals surface area contributed by atoms with Crippen LogP contribution in [0.1, 0.15) is 6.92 Å². The van der Waals surface area contributed by atoms with Crippen LogP contribution >= 0.6 is 0 Å². The summed E-state index contributed by atoms with van der Waals surface area (Å²) in [5.41, 5.74) is 0.485. The van der Waals surface area contributed by atoms with Crippen molar-refractivity contribution < 1.29 is 13.2 Å². The lowest BCUT2D eigenvalue weighted by Crippen LogP contribution is -2.53. The zero-order chi connectivity index (χ0) is 15.6. The molecule has 1 aromatic rings. The van der Waals surface area contributed by atoms with Crippen LogP contribution in [0.25, 0.3) is 0 Å². The molecule has 0 aliphatic carbocycles. The summed E-state index contributed by atoms with van der Waals surface area (Å²) in [6.45, 7) is 4.33. The summed E-state index contributed by atoms with van der Waals surface area (Å²) in [6, 6.07) is 2.87. The van der Waals surface area contributed by atoms with Crippen molar-refractivity contribution in [1.82, 2.24) is 14.8 Å². The van der Waals surface area contributed by atoms with Gasteiger partial charge in [0.15, 0.2) is 14.9 Å². The van der Waals surface area contributed by atoms with Crippen LogP contribution in [0.15, 0.2) is 23.4 Å². The predicted octanol–water partition coefficient (Wildman–Crippen LogP) is 0.653. The van der Waals surface area contributed by atoms with Crippen LogP contribution in [-0.4, -0.2) is 68.2 Å². The molecule has 0 bridgehead atoms. The molecular weight excluding hydrogens is 292 g/mol. The first-order valence-corrected chi connectivity index (χ1v) is 8.59. The zero-order valence-electron chi connectivity index (χ0n) is 12.4. The monoisotopic (exact) mass is 312 g/mol. The van der Waals surface area contributed by atoms with Gasteiger partial charge >= 0.3 is 6.03 Å². The Kier molecular flexibility index (Phi) is 4.48. The van der Waals surface area contributed by atoms with Crippen LogP contribution in [0.2, 0.25) is 0 Å². The van der Waals surface area contributed by atoms with E-state index in [4.69, 9.17) is 0 Å². The average Bonchev–Trinajstić information content (AvgIpc) is 2.38. The fourth-order valence-electron chi connectivity index (χ4n) is 2.31. The molecule has 8 heteroatoms.